The van der Waals surface area contributed by atoms with Gasteiger partial charge >= 0.3 is 0 Å². The van der Waals surface area contributed by atoms with Crippen LogP contribution < -0.4 is 0 Å². The minimum atomic E-state index is 0.344. The van der Waals surface area contributed by atoms with Gasteiger partial charge in [0.15, 0.2) is 0 Å². The van der Waals surface area contributed by atoms with Gasteiger partial charge in [0.2, 0.25) is 0 Å². The fourth-order valence-electron chi connectivity index (χ4n) is 1.42. The van der Waals surface area contributed by atoms with Gasteiger partial charge in [-0.3, -0.25) is 0 Å². The summed E-state index contributed by atoms with van der Waals surface area (Å²) >= 11 is 3.40. The van der Waals surface area contributed by atoms with Crippen LogP contribution in [-0.2, 0) is 4.74 Å². The lowest BCUT2D eigenvalue weighted by Crippen LogP contribution is -1.97. The van der Waals surface area contributed by atoms with E-state index in [1.807, 2.05) is 0 Å². The van der Waals surface area contributed by atoms with Crippen molar-refractivity contribution in [1.82, 2.24) is 0 Å². The monoisotopic (exact) mass is 280 g/mol. The zero-order valence-corrected chi connectivity index (χ0v) is 11.3. The van der Waals surface area contributed by atoms with Crippen LogP contribution in [0.5, 0.6) is 0 Å². The third-order valence-corrected chi connectivity index (χ3v) is 2.93. The minimum Gasteiger partial charge on any atom is -0.396 e. The topological polar surface area (TPSA) is 29.5 Å². The first-order chi connectivity index (χ1) is 7.41. The molecule has 0 heterocycles. The molecule has 0 aliphatic rings. The normalized spacial score (nSPS) is 10.8. The first-order valence-electron chi connectivity index (χ1n) is 6.16. The van der Waals surface area contributed by atoms with E-state index in [2.05, 4.69) is 15.9 Å². The Labute approximate surface area is 103 Å². The van der Waals surface area contributed by atoms with Crippen molar-refractivity contribution in [3.05, 3.63) is 0 Å². The van der Waals surface area contributed by atoms with Crippen LogP contribution in [0.4, 0.5) is 0 Å². The van der Waals surface area contributed by atoms with E-state index >= 15 is 0 Å². The molecule has 0 atom stereocenters. The number of hydrogen-bond donors (Lipinski definition) is 1. The van der Waals surface area contributed by atoms with Gasteiger partial charge < -0.3 is 9.84 Å². The maximum atomic E-state index is 8.59. The van der Waals surface area contributed by atoms with Gasteiger partial charge in [0, 0.05) is 25.2 Å². The highest BCUT2D eigenvalue weighted by Gasteiger charge is 1.92. The van der Waals surface area contributed by atoms with Crippen molar-refractivity contribution in [3.63, 3.8) is 0 Å². The predicted octanol–water partition coefficient (Wildman–Crippen LogP) is 3.51. The summed E-state index contributed by atoms with van der Waals surface area (Å²) in [5.41, 5.74) is 0. The van der Waals surface area contributed by atoms with E-state index < -0.39 is 0 Å². The molecule has 0 saturated heterocycles. The smallest absolute Gasteiger partial charge is 0.0466 e. The van der Waals surface area contributed by atoms with E-state index in [1.54, 1.807) is 0 Å². The van der Waals surface area contributed by atoms with Crippen molar-refractivity contribution in [2.45, 2.75) is 51.4 Å². The predicted molar refractivity (Wildman–Crippen MR) is 68.6 cm³/mol. The van der Waals surface area contributed by atoms with E-state index in [0.717, 1.165) is 25.0 Å². The van der Waals surface area contributed by atoms with Crippen molar-refractivity contribution < 1.29 is 9.84 Å². The molecular weight excluding hydrogens is 256 g/mol. The molecule has 0 bridgehead atoms. The first-order valence-corrected chi connectivity index (χ1v) is 7.28. The van der Waals surface area contributed by atoms with Crippen LogP contribution in [-0.4, -0.2) is 30.3 Å². The number of halogens is 1. The number of ether oxygens (including phenoxy) is 1. The van der Waals surface area contributed by atoms with Crippen LogP contribution in [0, 0.1) is 0 Å². The maximum absolute atomic E-state index is 8.59. The molecule has 92 valence electrons. The lowest BCUT2D eigenvalue weighted by molar-refractivity contribution is 0.127. The number of unbranched alkanes of at least 4 members (excludes halogenated alkanes) is 6. The molecule has 0 aliphatic carbocycles. The molecule has 1 N–H and O–H groups in total. The summed E-state index contributed by atoms with van der Waals surface area (Å²) in [4.78, 5) is 0. The fraction of sp³-hybridized carbons (Fsp3) is 1.00. The van der Waals surface area contributed by atoms with E-state index in [-0.39, 0.29) is 0 Å². The number of aliphatic hydroxyl groups is 1. The summed E-state index contributed by atoms with van der Waals surface area (Å²) in [6.07, 6.45) is 9.50. The average Bonchev–Trinajstić information content (AvgIpc) is 2.26. The summed E-state index contributed by atoms with van der Waals surface area (Å²) < 4.78 is 5.50. The molecule has 0 aromatic carbocycles. The highest BCUT2D eigenvalue weighted by atomic mass is 79.9. The van der Waals surface area contributed by atoms with Crippen LogP contribution in [0.1, 0.15) is 51.4 Å². The number of hydrogen-bond acceptors (Lipinski definition) is 2. The van der Waals surface area contributed by atoms with Gasteiger partial charge in [-0.1, -0.05) is 41.6 Å². The van der Waals surface area contributed by atoms with E-state index in [0.29, 0.717) is 6.61 Å². The van der Waals surface area contributed by atoms with Gasteiger partial charge in [-0.2, -0.15) is 0 Å². The molecule has 3 heteroatoms. The SMILES string of the molecule is OCCCCCCCCOCCCCBr. The Morgan fingerprint density at radius 1 is 0.733 bits per heavy atom. The third-order valence-electron chi connectivity index (χ3n) is 2.37. The number of rotatable bonds is 12. The molecule has 0 rings (SSSR count). The molecule has 2 nitrogen and oxygen atoms in total. The van der Waals surface area contributed by atoms with Crippen molar-refractivity contribution in [2.24, 2.45) is 0 Å². The zero-order valence-electron chi connectivity index (χ0n) is 9.72. The van der Waals surface area contributed by atoms with Gasteiger partial charge in [0.25, 0.3) is 0 Å². The summed E-state index contributed by atoms with van der Waals surface area (Å²) in [5, 5.41) is 9.67. The van der Waals surface area contributed by atoms with Crippen LogP contribution in [0.25, 0.3) is 0 Å². The van der Waals surface area contributed by atoms with Crippen LogP contribution >= 0.6 is 15.9 Å². The standard InChI is InChI=1S/C12H25BrO2/c13-9-5-8-12-15-11-7-4-2-1-3-6-10-14/h14H,1-12H2. The average molecular weight is 281 g/mol. The zero-order chi connectivity index (χ0) is 11.2. The number of aliphatic hydroxyl groups excluding tert-OH is 1. The summed E-state index contributed by atoms with van der Waals surface area (Å²) in [6, 6.07) is 0. The van der Waals surface area contributed by atoms with E-state index in [1.165, 1.54) is 44.9 Å². The molecule has 15 heavy (non-hydrogen) atoms. The molecule has 0 aliphatic heterocycles. The Bertz CT molecular complexity index is 97.8. The quantitative estimate of drug-likeness (QED) is 0.438. The summed E-state index contributed by atoms with van der Waals surface area (Å²) in [7, 11) is 0. The molecule has 0 radical (unpaired) electrons. The molecule has 0 amide bonds. The second-order valence-corrected chi connectivity index (χ2v) is 4.65. The summed E-state index contributed by atoms with van der Waals surface area (Å²) in [6.45, 7) is 2.18. The van der Waals surface area contributed by atoms with Crippen molar-refractivity contribution >= 4 is 15.9 Å². The lowest BCUT2D eigenvalue weighted by Gasteiger charge is -2.03. The summed E-state index contributed by atoms with van der Waals surface area (Å²) in [5.74, 6) is 0. The van der Waals surface area contributed by atoms with Gasteiger partial charge in [0.05, 0.1) is 0 Å². The van der Waals surface area contributed by atoms with Crippen molar-refractivity contribution in [2.75, 3.05) is 25.2 Å². The van der Waals surface area contributed by atoms with Crippen molar-refractivity contribution in [3.8, 4) is 0 Å². The maximum Gasteiger partial charge on any atom is 0.0466 e. The van der Waals surface area contributed by atoms with Gasteiger partial charge in [0.1, 0.15) is 0 Å². The Balaban J connectivity index is 2.81. The molecular formula is C12H25BrO2. The van der Waals surface area contributed by atoms with E-state index in [4.69, 9.17) is 9.84 Å². The van der Waals surface area contributed by atoms with Crippen LogP contribution in [0.2, 0.25) is 0 Å². The Morgan fingerprint density at radius 3 is 1.87 bits per heavy atom. The molecule has 0 fully saturated rings. The van der Waals surface area contributed by atoms with Crippen LogP contribution in [0.3, 0.4) is 0 Å². The highest BCUT2D eigenvalue weighted by molar-refractivity contribution is 9.09. The number of alkyl halides is 1. The van der Waals surface area contributed by atoms with Gasteiger partial charge in [-0.05, 0) is 25.7 Å². The lowest BCUT2D eigenvalue weighted by atomic mass is 10.1. The molecule has 0 aromatic rings. The second kappa shape index (κ2) is 14.4. The Hall–Kier alpha value is 0.400. The minimum absolute atomic E-state index is 0.344. The van der Waals surface area contributed by atoms with E-state index in [9.17, 15) is 0 Å². The highest BCUT2D eigenvalue weighted by Crippen LogP contribution is 2.05. The van der Waals surface area contributed by atoms with Gasteiger partial charge in [-0.15, -0.1) is 0 Å². The molecule has 0 spiro atoms. The first kappa shape index (κ1) is 15.4. The van der Waals surface area contributed by atoms with Crippen molar-refractivity contribution in [1.29, 1.82) is 0 Å². The van der Waals surface area contributed by atoms with Gasteiger partial charge in [-0.25, -0.2) is 0 Å². The second-order valence-electron chi connectivity index (χ2n) is 3.85. The molecule has 0 unspecified atom stereocenters. The Morgan fingerprint density at radius 2 is 1.27 bits per heavy atom. The largest absolute Gasteiger partial charge is 0.396 e. The fourth-order valence-corrected chi connectivity index (χ4v) is 1.82. The molecule has 0 saturated carbocycles. The van der Waals surface area contributed by atoms with Crippen LogP contribution in [0.15, 0.2) is 0 Å². The molecule has 0 aromatic heterocycles. The Kier molecular flexibility index (Phi) is 14.8. The third kappa shape index (κ3) is 14.4.